The monoisotopic (exact) mass is 86.1 g/mol. The fraction of sp³-hybridized carbons (Fsp3) is 0.500. The summed E-state index contributed by atoms with van der Waals surface area (Å²) in [5.41, 5.74) is 0. The van der Waals surface area contributed by atoms with E-state index >= 15 is 0 Å². The van der Waals surface area contributed by atoms with Gasteiger partial charge in [-0.15, -0.1) is 0 Å². The van der Waals surface area contributed by atoms with Crippen LogP contribution in [-0.4, -0.2) is 0 Å². The van der Waals surface area contributed by atoms with E-state index in [1.165, 1.54) is 0 Å². The van der Waals surface area contributed by atoms with Crippen molar-refractivity contribution in [2.75, 3.05) is 0 Å². The zero-order valence-corrected chi connectivity index (χ0v) is 2.89. The van der Waals surface area contributed by atoms with Crippen molar-refractivity contribution >= 4 is 0 Å². The van der Waals surface area contributed by atoms with Crippen LogP contribution < -0.4 is 0 Å². The van der Waals surface area contributed by atoms with Gasteiger partial charge in [-0.3, -0.25) is 0 Å². The maximum absolute atomic E-state index is 8.04. The molecule has 0 rings (SSSR count). The van der Waals surface area contributed by atoms with E-state index in [4.69, 9.17) is 16.0 Å². The van der Waals surface area contributed by atoms with Crippen molar-refractivity contribution in [1.29, 1.82) is 10.5 Å². The van der Waals surface area contributed by atoms with Crippen molar-refractivity contribution in [3.63, 3.8) is 0 Å². The number of rotatable bonds is 1. The maximum Gasteiger partial charge on any atom is 0.0632 e. The normalized spacial score (nSPS) is 20.3. The summed E-state index contributed by atoms with van der Waals surface area (Å²) in [5.74, 6) is 0. The third-order valence-electron chi connectivity index (χ3n) is 0.174. The molecule has 0 aliphatic carbocycles. The van der Waals surface area contributed by atoms with Crippen molar-refractivity contribution in [3.8, 4) is 12.1 Å². The molecular formula is C4H4N2. The lowest BCUT2D eigenvalue weighted by atomic mass is 10.6. The van der Waals surface area contributed by atoms with E-state index in [-0.39, 0.29) is 0 Å². The summed E-state index contributed by atoms with van der Waals surface area (Å²) in [5, 5.41) is 16.1. The van der Waals surface area contributed by atoms with Crippen LogP contribution in [-0.2, 0) is 0 Å². The second-order valence-corrected chi connectivity index (χ2v) is 0.474. The van der Waals surface area contributed by atoms with Gasteiger partial charge in [-0.1, -0.05) is 0 Å². The highest BCUT2D eigenvalue weighted by Gasteiger charge is 1.72. The molecule has 0 saturated heterocycles. The number of nitriles is 2. The number of hydrogen-bond acceptors (Lipinski definition) is 2. The van der Waals surface area contributed by atoms with Crippen molar-refractivity contribution in [2.24, 2.45) is 0 Å². The van der Waals surface area contributed by atoms with Crippen LogP contribution in [0.5, 0.6) is 0 Å². The molecule has 0 aromatic carbocycles. The van der Waals surface area contributed by atoms with Crippen molar-refractivity contribution in [3.05, 3.63) is 0 Å². The molecule has 0 bridgehead atoms. The van der Waals surface area contributed by atoms with Crippen LogP contribution in [0.1, 0.15) is 18.2 Å². The molecule has 0 fully saturated rings. The van der Waals surface area contributed by atoms with Crippen LogP contribution in [0.25, 0.3) is 0 Å². The molecule has 0 atom stereocenters. The smallest absolute Gasteiger partial charge is 0.0632 e. The largest absolute Gasteiger partial charge is 0.198 e. The quantitative estimate of drug-likeness (QED) is 0.443. The molecule has 0 aromatic heterocycles. The predicted molar refractivity (Wildman–Crippen MR) is 20.5 cm³/mol. The molecule has 0 spiro atoms. The first-order valence-electron chi connectivity index (χ1n) is 3.20. The molecule has 0 saturated carbocycles. The molecule has 2 heteroatoms. The zero-order chi connectivity index (χ0) is 8.41. The minimum Gasteiger partial charge on any atom is -0.198 e. The predicted octanol–water partition coefficient (Wildman–Crippen LogP) is 0.814. The summed E-state index contributed by atoms with van der Waals surface area (Å²) < 4.78 is 26.7. The van der Waals surface area contributed by atoms with E-state index in [1.54, 1.807) is 0 Å². The lowest BCUT2D eigenvalue weighted by Crippen LogP contribution is -1.58. The molecule has 0 unspecified atom stereocenters. The van der Waals surface area contributed by atoms with E-state index in [0.717, 1.165) is 12.1 Å². The van der Waals surface area contributed by atoms with Gasteiger partial charge in [0.15, 0.2) is 0 Å². The first-order chi connectivity index (χ1) is 4.37. The van der Waals surface area contributed by atoms with Crippen LogP contribution in [0.15, 0.2) is 0 Å². The Morgan fingerprint density at radius 3 is 1.83 bits per heavy atom. The van der Waals surface area contributed by atoms with Crippen LogP contribution in [0.2, 0.25) is 0 Å². The Hall–Kier alpha value is -1.02. The average Bonchev–Trinajstić information content (AvgIpc) is 1.88. The van der Waals surface area contributed by atoms with E-state index < -0.39 is 12.7 Å². The van der Waals surface area contributed by atoms with Crippen molar-refractivity contribution in [1.82, 2.24) is 0 Å². The summed E-state index contributed by atoms with van der Waals surface area (Å²) in [4.78, 5) is 0. The van der Waals surface area contributed by atoms with Crippen molar-refractivity contribution < 1.29 is 5.48 Å². The Morgan fingerprint density at radius 2 is 1.67 bits per heavy atom. The van der Waals surface area contributed by atoms with Crippen LogP contribution in [0, 0.1) is 22.7 Å². The van der Waals surface area contributed by atoms with Crippen LogP contribution in [0.4, 0.5) is 0 Å². The Labute approximate surface area is 42.2 Å². The molecule has 0 amide bonds. The van der Waals surface area contributed by atoms with Crippen LogP contribution >= 0.6 is 0 Å². The molecule has 2 nitrogen and oxygen atoms in total. The highest BCUT2D eigenvalue weighted by Crippen LogP contribution is 1.78. The second kappa shape index (κ2) is 3.98. The molecule has 6 heavy (non-hydrogen) atoms. The number of nitrogens with zero attached hydrogens (tertiary/aromatic N) is 2. The zero-order valence-electron chi connectivity index (χ0n) is 6.89. The number of hydrogen-bond donors (Lipinski definition) is 0. The van der Waals surface area contributed by atoms with Gasteiger partial charge in [0, 0.05) is 18.2 Å². The third kappa shape index (κ3) is 2.98. The third-order valence-corrected chi connectivity index (χ3v) is 0.174. The van der Waals surface area contributed by atoms with E-state index in [2.05, 4.69) is 0 Å². The molecule has 0 aliphatic heterocycles. The van der Waals surface area contributed by atoms with Gasteiger partial charge < -0.3 is 0 Å². The fourth-order valence-electron chi connectivity index (χ4n) is 0.0559. The SMILES string of the molecule is [2H]C([2H])([13C]#N)C([2H])([2H])[13C]#N. The Morgan fingerprint density at radius 1 is 1.33 bits per heavy atom. The molecule has 0 N–H and O–H groups in total. The van der Waals surface area contributed by atoms with Crippen LogP contribution in [0.3, 0.4) is 0 Å². The maximum atomic E-state index is 8.04. The molecule has 0 heterocycles. The van der Waals surface area contributed by atoms with Gasteiger partial charge >= 0.3 is 0 Å². The van der Waals surface area contributed by atoms with Gasteiger partial charge in [0.25, 0.3) is 0 Å². The highest BCUT2D eigenvalue weighted by molar-refractivity contribution is 4.78. The highest BCUT2D eigenvalue weighted by atomic mass is 14.5. The summed E-state index contributed by atoms with van der Waals surface area (Å²) >= 11 is 0. The topological polar surface area (TPSA) is 47.6 Å². The molecule has 0 radical (unpaired) electrons. The van der Waals surface area contributed by atoms with Gasteiger partial charge in [-0.25, -0.2) is 0 Å². The molecule has 0 aromatic rings. The molecule has 0 aliphatic rings. The van der Waals surface area contributed by atoms with Gasteiger partial charge in [0.05, 0.1) is 12.1 Å². The first kappa shape index (κ1) is 1.24. The minimum atomic E-state index is -2.73. The summed E-state index contributed by atoms with van der Waals surface area (Å²) in [6.07, 6.45) is -5.47. The fourth-order valence-corrected chi connectivity index (χ4v) is 0.0559. The Balaban J connectivity index is 4.71. The first-order valence-corrected chi connectivity index (χ1v) is 1.20. The summed E-state index contributed by atoms with van der Waals surface area (Å²) in [7, 11) is 0. The molecule has 30 valence electrons. The Bertz CT molecular complexity index is 184. The minimum absolute atomic E-state index is 1.07. The lowest BCUT2D eigenvalue weighted by molar-refractivity contribution is 1.07. The van der Waals surface area contributed by atoms with Gasteiger partial charge in [-0.05, 0) is 0 Å². The Kier molecular flexibility index (Phi) is 0.822. The standard InChI is InChI=1S/C4H4N2/c5-3-1-2-4-6/h1-2H2/i1D2,2D2,3+1,4+1. The summed E-state index contributed by atoms with van der Waals surface area (Å²) in [6, 6.07) is 2.14. The van der Waals surface area contributed by atoms with Gasteiger partial charge in [0.1, 0.15) is 0 Å². The molecular weight excluding hydrogens is 78.0 g/mol. The van der Waals surface area contributed by atoms with Crippen molar-refractivity contribution in [2.45, 2.75) is 12.7 Å². The van der Waals surface area contributed by atoms with E-state index in [1.807, 2.05) is 0 Å². The van der Waals surface area contributed by atoms with E-state index in [0.29, 0.717) is 0 Å². The second-order valence-electron chi connectivity index (χ2n) is 0.474. The lowest BCUT2D eigenvalue weighted by Gasteiger charge is -1.63. The average molecular weight is 86.1 g/mol. The summed E-state index contributed by atoms with van der Waals surface area (Å²) in [6.45, 7) is 0. The van der Waals surface area contributed by atoms with E-state index in [9.17, 15) is 0 Å². The van der Waals surface area contributed by atoms with Gasteiger partial charge in [-0.2, -0.15) is 10.5 Å². The van der Waals surface area contributed by atoms with Gasteiger partial charge in [0.2, 0.25) is 0 Å².